The molecule has 3 aromatic carbocycles. The van der Waals surface area contributed by atoms with Gasteiger partial charge in [0.15, 0.2) is 0 Å². The van der Waals surface area contributed by atoms with E-state index in [1.165, 1.54) is 18.2 Å². The number of halogens is 3. The Morgan fingerprint density at radius 3 is 2.47 bits per heavy atom. The van der Waals surface area contributed by atoms with Gasteiger partial charge in [0.25, 0.3) is 11.1 Å². The van der Waals surface area contributed by atoms with Crippen LogP contribution in [0.15, 0.2) is 77.8 Å². The van der Waals surface area contributed by atoms with E-state index in [2.05, 4.69) is 0 Å². The van der Waals surface area contributed by atoms with Crippen LogP contribution in [0.25, 0.3) is 17.0 Å². The number of fused-ring (bicyclic) bond motifs is 1. The van der Waals surface area contributed by atoms with E-state index >= 15 is 0 Å². The summed E-state index contributed by atoms with van der Waals surface area (Å²) < 4.78 is 29.5. The minimum absolute atomic E-state index is 0.0455. The van der Waals surface area contributed by atoms with Crippen LogP contribution >= 0.6 is 23.4 Å². The number of rotatable bonds is 5. The third kappa shape index (κ3) is 4.24. The second kappa shape index (κ2) is 9.08. The Bertz CT molecular complexity index is 1480. The topological polar surface area (TPSA) is 42.3 Å². The fourth-order valence-electron chi connectivity index (χ4n) is 3.93. The highest BCUT2D eigenvalue weighted by atomic mass is 35.5. The van der Waals surface area contributed by atoms with Gasteiger partial charge in [0, 0.05) is 33.2 Å². The van der Waals surface area contributed by atoms with Crippen LogP contribution in [-0.2, 0) is 17.9 Å². The van der Waals surface area contributed by atoms with Crippen LogP contribution in [0.1, 0.15) is 16.7 Å². The summed E-state index contributed by atoms with van der Waals surface area (Å²) in [6.07, 6.45) is 3.53. The number of para-hydroxylation sites is 1. The number of hydrogen-bond acceptors (Lipinski definition) is 3. The fraction of sp³-hybridized carbons (Fsp3) is 0.0769. The predicted molar refractivity (Wildman–Crippen MR) is 130 cm³/mol. The molecule has 4 nitrogen and oxygen atoms in total. The highest BCUT2D eigenvalue weighted by Crippen LogP contribution is 2.36. The molecular weight excluding hydrogens is 478 g/mol. The molecular formula is C26H17ClF2N2O2S. The monoisotopic (exact) mass is 494 g/mol. The van der Waals surface area contributed by atoms with Crippen molar-refractivity contribution in [2.24, 2.45) is 0 Å². The van der Waals surface area contributed by atoms with Crippen molar-refractivity contribution in [3.05, 3.63) is 111 Å². The number of carbonyl (C=O) groups is 2. The number of carbonyl (C=O) groups excluding carboxylic acids is 2. The molecule has 170 valence electrons. The molecule has 0 atom stereocenters. The van der Waals surface area contributed by atoms with Crippen LogP contribution in [-0.4, -0.2) is 20.6 Å². The van der Waals surface area contributed by atoms with Crippen molar-refractivity contribution < 1.29 is 18.4 Å². The Morgan fingerprint density at radius 2 is 1.68 bits per heavy atom. The summed E-state index contributed by atoms with van der Waals surface area (Å²) in [5, 5.41) is 0.609. The Balaban J connectivity index is 1.47. The molecule has 1 fully saturated rings. The molecule has 5 rings (SSSR count). The second-order valence-corrected chi connectivity index (χ2v) is 9.22. The minimum Gasteiger partial charge on any atom is -0.342 e. The average molecular weight is 495 g/mol. The number of thioether (sulfide) groups is 1. The molecule has 0 radical (unpaired) electrons. The average Bonchev–Trinajstić information content (AvgIpc) is 3.29. The van der Waals surface area contributed by atoms with Gasteiger partial charge in [-0.25, -0.2) is 8.78 Å². The highest BCUT2D eigenvalue weighted by Gasteiger charge is 2.35. The number of aromatic nitrogens is 1. The molecule has 2 heterocycles. The lowest BCUT2D eigenvalue weighted by Crippen LogP contribution is -2.27. The van der Waals surface area contributed by atoms with E-state index in [0.717, 1.165) is 39.2 Å². The maximum absolute atomic E-state index is 14.2. The van der Waals surface area contributed by atoms with Crippen LogP contribution in [0, 0.1) is 11.6 Å². The molecule has 0 saturated carbocycles. The molecule has 1 aromatic heterocycles. The Kier molecular flexibility index (Phi) is 5.98. The van der Waals surface area contributed by atoms with E-state index in [4.69, 9.17) is 11.6 Å². The van der Waals surface area contributed by atoms with Crippen LogP contribution < -0.4 is 0 Å². The van der Waals surface area contributed by atoms with E-state index in [1.54, 1.807) is 24.3 Å². The van der Waals surface area contributed by atoms with Gasteiger partial charge in [-0.2, -0.15) is 0 Å². The van der Waals surface area contributed by atoms with Crippen molar-refractivity contribution in [1.82, 2.24) is 9.47 Å². The smallest absolute Gasteiger partial charge is 0.293 e. The molecule has 0 unspecified atom stereocenters. The largest absolute Gasteiger partial charge is 0.342 e. The zero-order valence-corrected chi connectivity index (χ0v) is 19.2. The first-order valence-corrected chi connectivity index (χ1v) is 11.6. The molecule has 0 aliphatic carbocycles. The van der Waals surface area contributed by atoms with Crippen LogP contribution in [0.2, 0.25) is 5.02 Å². The lowest BCUT2D eigenvalue weighted by atomic mass is 10.1. The van der Waals surface area contributed by atoms with E-state index in [-0.39, 0.29) is 22.3 Å². The summed E-state index contributed by atoms with van der Waals surface area (Å²) in [6, 6.07) is 18.1. The maximum Gasteiger partial charge on any atom is 0.293 e. The van der Waals surface area contributed by atoms with E-state index in [9.17, 15) is 18.4 Å². The molecule has 8 heteroatoms. The summed E-state index contributed by atoms with van der Waals surface area (Å²) in [4.78, 5) is 27.0. The third-order valence-electron chi connectivity index (χ3n) is 5.62. The van der Waals surface area contributed by atoms with Crippen LogP contribution in [0.3, 0.4) is 0 Å². The Labute approximate surface area is 203 Å². The first-order valence-electron chi connectivity index (χ1n) is 10.4. The van der Waals surface area contributed by atoms with Crippen molar-refractivity contribution in [3.8, 4) is 0 Å². The highest BCUT2D eigenvalue weighted by molar-refractivity contribution is 8.18. The van der Waals surface area contributed by atoms with Crippen LogP contribution in [0.5, 0.6) is 0 Å². The molecule has 4 aromatic rings. The van der Waals surface area contributed by atoms with Crippen LogP contribution in [0.4, 0.5) is 13.6 Å². The van der Waals surface area contributed by atoms with Gasteiger partial charge in [0.05, 0.1) is 18.0 Å². The number of amides is 2. The van der Waals surface area contributed by atoms with Crippen molar-refractivity contribution in [1.29, 1.82) is 0 Å². The molecule has 0 spiro atoms. The van der Waals surface area contributed by atoms with E-state index in [1.807, 2.05) is 35.0 Å². The standard InChI is InChI=1S/C26H17ClF2N2O2S/c27-21-12-19(28)10-9-16(21)15-31-25(32)24(34-26(31)33)11-18-14-30(23-8-4-2-6-20(18)23)13-17-5-1-3-7-22(17)29/h1-12,14H,13,15H2. The van der Waals surface area contributed by atoms with Gasteiger partial charge in [0.1, 0.15) is 11.6 Å². The number of benzene rings is 3. The first-order chi connectivity index (χ1) is 16.4. The molecule has 34 heavy (non-hydrogen) atoms. The fourth-order valence-corrected chi connectivity index (χ4v) is 4.99. The minimum atomic E-state index is -0.491. The summed E-state index contributed by atoms with van der Waals surface area (Å²) in [5.74, 6) is -1.22. The predicted octanol–water partition coefficient (Wildman–Crippen LogP) is 6.86. The second-order valence-electron chi connectivity index (χ2n) is 7.82. The van der Waals surface area contributed by atoms with Gasteiger partial charge < -0.3 is 4.57 Å². The van der Waals surface area contributed by atoms with Crippen molar-refractivity contribution in [3.63, 3.8) is 0 Å². The SMILES string of the molecule is O=C1SC(=Cc2cn(Cc3ccccc3F)c3ccccc23)C(=O)N1Cc1ccc(F)cc1Cl. The van der Waals surface area contributed by atoms with Gasteiger partial charge in [-0.15, -0.1) is 0 Å². The normalized spacial score (nSPS) is 15.1. The molecule has 1 aliphatic rings. The molecule has 0 N–H and O–H groups in total. The third-order valence-corrected chi connectivity index (χ3v) is 6.88. The Morgan fingerprint density at radius 1 is 0.912 bits per heavy atom. The quantitative estimate of drug-likeness (QED) is 0.285. The molecule has 2 amide bonds. The molecule has 0 bridgehead atoms. The summed E-state index contributed by atoms with van der Waals surface area (Å²) >= 11 is 6.92. The van der Waals surface area contributed by atoms with Gasteiger partial charge in [-0.3, -0.25) is 14.5 Å². The van der Waals surface area contributed by atoms with Crippen molar-refractivity contribution in [2.75, 3.05) is 0 Å². The number of hydrogen-bond donors (Lipinski definition) is 0. The van der Waals surface area contributed by atoms with Gasteiger partial charge in [-0.1, -0.05) is 54.1 Å². The summed E-state index contributed by atoms with van der Waals surface area (Å²) in [7, 11) is 0. The van der Waals surface area contributed by atoms with Gasteiger partial charge >= 0.3 is 0 Å². The number of imide groups is 1. The molecule has 1 saturated heterocycles. The zero-order chi connectivity index (χ0) is 23.8. The van der Waals surface area contributed by atoms with Gasteiger partial charge in [-0.05, 0) is 47.7 Å². The molecule has 1 aliphatic heterocycles. The van der Waals surface area contributed by atoms with E-state index < -0.39 is 17.0 Å². The summed E-state index contributed by atoms with van der Waals surface area (Å²) in [6.45, 7) is 0.279. The Hall–Kier alpha value is -3.42. The maximum atomic E-state index is 14.2. The number of nitrogens with zero attached hydrogens (tertiary/aromatic N) is 2. The van der Waals surface area contributed by atoms with Gasteiger partial charge in [0.2, 0.25) is 0 Å². The van der Waals surface area contributed by atoms with E-state index in [0.29, 0.717) is 17.7 Å². The zero-order valence-electron chi connectivity index (χ0n) is 17.7. The lowest BCUT2D eigenvalue weighted by molar-refractivity contribution is -0.123. The van der Waals surface area contributed by atoms with Crippen molar-refractivity contribution in [2.45, 2.75) is 13.1 Å². The lowest BCUT2D eigenvalue weighted by Gasteiger charge is -2.13. The van der Waals surface area contributed by atoms with Crippen molar-refractivity contribution >= 4 is 51.5 Å². The summed E-state index contributed by atoms with van der Waals surface area (Å²) in [5.41, 5.74) is 2.66. The first kappa shape index (κ1) is 22.4.